The first kappa shape index (κ1) is 21.4. The molecule has 6 heteroatoms. The lowest BCUT2D eigenvalue weighted by Gasteiger charge is -2.30. The molecule has 4 rings (SSSR count). The van der Waals surface area contributed by atoms with E-state index < -0.39 is 0 Å². The van der Waals surface area contributed by atoms with E-state index in [1.165, 1.54) is 5.56 Å². The normalized spacial score (nSPS) is 12.7. The first-order valence-electron chi connectivity index (χ1n) is 10.7. The number of ether oxygens (including phenoxy) is 2. The number of nitrogens with one attached hydrogen (secondary N) is 1. The molecule has 32 heavy (non-hydrogen) atoms. The highest BCUT2D eigenvalue weighted by molar-refractivity contribution is 5.99. The van der Waals surface area contributed by atoms with Crippen molar-refractivity contribution in [2.75, 3.05) is 30.0 Å². The number of anilines is 2. The van der Waals surface area contributed by atoms with Crippen molar-refractivity contribution in [1.82, 2.24) is 0 Å². The fraction of sp³-hybridized carbons (Fsp3) is 0.231. The van der Waals surface area contributed by atoms with Gasteiger partial charge in [-0.1, -0.05) is 48.0 Å². The van der Waals surface area contributed by atoms with E-state index in [0.29, 0.717) is 29.4 Å². The smallest absolute Gasteiger partial charge is 0.265 e. The summed E-state index contributed by atoms with van der Waals surface area (Å²) in [5.41, 5.74) is 3.63. The average molecular weight is 431 g/mol. The second-order valence-corrected chi connectivity index (χ2v) is 7.76. The minimum atomic E-state index is -0.274. The molecule has 0 unspecified atom stereocenters. The number of carbonyl (C=O) groups is 2. The predicted molar refractivity (Wildman–Crippen MR) is 124 cm³/mol. The molecule has 1 aliphatic heterocycles. The lowest BCUT2D eigenvalue weighted by Crippen LogP contribution is -2.39. The van der Waals surface area contributed by atoms with E-state index in [1.807, 2.05) is 49.4 Å². The molecule has 3 aromatic carbocycles. The maximum atomic E-state index is 12.5. The topological polar surface area (TPSA) is 67.9 Å². The van der Waals surface area contributed by atoms with Gasteiger partial charge in [0.15, 0.2) is 13.2 Å². The molecular formula is C26H26N2O4. The van der Waals surface area contributed by atoms with Gasteiger partial charge in [-0.2, -0.15) is 0 Å². The van der Waals surface area contributed by atoms with Crippen LogP contribution in [0.25, 0.3) is 0 Å². The summed E-state index contributed by atoms with van der Waals surface area (Å²) in [6.45, 7) is 2.49. The molecule has 0 atom stereocenters. The summed E-state index contributed by atoms with van der Waals surface area (Å²) in [5.74, 6) is 0.916. The molecule has 6 nitrogen and oxygen atoms in total. The van der Waals surface area contributed by atoms with Gasteiger partial charge in [-0.25, -0.2) is 0 Å². The van der Waals surface area contributed by atoms with E-state index in [1.54, 1.807) is 23.1 Å². The largest absolute Gasteiger partial charge is 0.484 e. The Morgan fingerprint density at radius 3 is 2.62 bits per heavy atom. The van der Waals surface area contributed by atoms with Gasteiger partial charge in [-0.05, 0) is 55.7 Å². The summed E-state index contributed by atoms with van der Waals surface area (Å²) in [6, 6.07) is 23.0. The highest BCUT2D eigenvalue weighted by Crippen LogP contribution is 2.34. The van der Waals surface area contributed by atoms with E-state index in [2.05, 4.69) is 17.4 Å². The second kappa shape index (κ2) is 10.0. The third-order valence-electron chi connectivity index (χ3n) is 5.27. The minimum absolute atomic E-state index is 0.0223. The van der Waals surface area contributed by atoms with Gasteiger partial charge in [-0.15, -0.1) is 0 Å². The highest BCUT2D eigenvalue weighted by Gasteiger charge is 2.25. The number of rotatable bonds is 8. The fourth-order valence-electron chi connectivity index (χ4n) is 3.59. The van der Waals surface area contributed by atoms with Crippen LogP contribution < -0.4 is 19.7 Å². The van der Waals surface area contributed by atoms with Crippen molar-refractivity contribution < 1.29 is 19.1 Å². The van der Waals surface area contributed by atoms with Gasteiger partial charge in [0, 0.05) is 12.2 Å². The molecule has 0 saturated carbocycles. The number of hydrogen-bond donors (Lipinski definition) is 1. The highest BCUT2D eigenvalue weighted by atomic mass is 16.5. The lowest BCUT2D eigenvalue weighted by molar-refractivity contribution is -0.121. The molecule has 0 spiro atoms. The fourth-order valence-corrected chi connectivity index (χ4v) is 3.59. The lowest BCUT2D eigenvalue weighted by atomic mass is 10.1. The van der Waals surface area contributed by atoms with Gasteiger partial charge in [0.25, 0.3) is 11.8 Å². The van der Waals surface area contributed by atoms with Crippen LogP contribution in [-0.2, 0) is 16.0 Å². The summed E-state index contributed by atoms with van der Waals surface area (Å²) in [5, 5.41) is 2.83. The van der Waals surface area contributed by atoms with Crippen molar-refractivity contribution in [3.05, 3.63) is 83.9 Å². The molecule has 0 saturated heterocycles. The molecule has 0 radical (unpaired) electrons. The number of aryl methyl sites for hydroxylation is 2. The van der Waals surface area contributed by atoms with E-state index in [0.717, 1.165) is 18.4 Å². The standard InChI is InChI=1S/C26H26N2O4/c1-19-9-12-22(13-10-19)31-17-25(29)27-21-11-14-24-23(16-21)28(26(30)18-32-24)15-5-8-20-6-3-2-4-7-20/h2-4,6-7,9-14,16H,5,8,15,17-18H2,1H3,(H,27,29). The van der Waals surface area contributed by atoms with Crippen LogP contribution in [0.3, 0.4) is 0 Å². The summed E-state index contributed by atoms with van der Waals surface area (Å²) in [4.78, 5) is 26.6. The SMILES string of the molecule is Cc1ccc(OCC(=O)Nc2ccc3c(c2)N(CCCc2ccccc2)C(=O)CO3)cc1. The van der Waals surface area contributed by atoms with Crippen LogP contribution in [0.4, 0.5) is 11.4 Å². The number of hydrogen-bond acceptors (Lipinski definition) is 4. The van der Waals surface area contributed by atoms with Gasteiger partial charge in [0.05, 0.1) is 5.69 Å². The molecular weight excluding hydrogens is 404 g/mol. The van der Waals surface area contributed by atoms with E-state index >= 15 is 0 Å². The zero-order valence-electron chi connectivity index (χ0n) is 18.0. The third kappa shape index (κ3) is 5.46. The molecule has 0 aromatic heterocycles. The van der Waals surface area contributed by atoms with Crippen molar-refractivity contribution in [2.24, 2.45) is 0 Å². The average Bonchev–Trinajstić information content (AvgIpc) is 2.81. The van der Waals surface area contributed by atoms with Crippen molar-refractivity contribution >= 4 is 23.2 Å². The monoisotopic (exact) mass is 430 g/mol. The Morgan fingerprint density at radius 1 is 1.06 bits per heavy atom. The van der Waals surface area contributed by atoms with Crippen molar-refractivity contribution in [3.63, 3.8) is 0 Å². The molecule has 0 fully saturated rings. The molecule has 1 heterocycles. The first-order chi connectivity index (χ1) is 15.6. The summed E-state index contributed by atoms with van der Waals surface area (Å²) in [7, 11) is 0. The first-order valence-corrected chi connectivity index (χ1v) is 10.7. The van der Waals surface area contributed by atoms with Gasteiger partial charge in [0.1, 0.15) is 11.5 Å². The number of nitrogens with zero attached hydrogens (tertiary/aromatic N) is 1. The summed E-state index contributed by atoms with van der Waals surface area (Å²) >= 11 is 0. The van der Waals surface area contributed by atoms with E-state index in [4.69, 9.17) is 9.47 Å². The van der Waals surface area contributed by atoms with Crippen molar-refractivity contribution in [2.45, 2.75) is 19.8 Å². The Bertz CT molecular complexity index is 1080. The number of carbonyl (C=O) groups excluding carboxylic acids is 2. The summed E-state index contributed by atoms with van der Waals surface area (Å²) < 4.78 is 11.1. The number of amides is 2. The second-order valence-electron chi connectivity index (χ2n) is 7.76. The van der Waals surface area contributed by atoms with Crippen LogP contribution in [0.15, 0.2) is 72.8 Å². The van der Waals surface area contributed by atoms with Gasteiger partial charge < -0.3 is 19.7 Å². The predicted octanol–water partition coefficient (Wildman–Crippen LogP) is 4.37. The van der Waals surface area contributed by atoms with Gasteiger partial charge >= 0.3 is 0 Å². The number of fused-ring (bicyclic) bond motifs is 1. The molecule has 1 N–H and O–H groups in total. The molecule has 1 aliphatic rings. The Morgan fingerprint density at radius 2 is 1.84 bits per heavy atom. The Kier molecular flexibility index (Phi) is 6.70. The molecule has 164 valence electrons. The van der Waals surface area contributed by atoms with Gasteiger partial charge in [-0.3, -0.25) is 9.59 Å². The molecule has 0 aliphatic carbocycles. The van der Waals surface area contributed by atoms with Crippen LogP contribution in [0.1, 0.15) is 17.5 Å². The maximum absolute atomic E-state index is 12.5. The van der Waals surface area contributed by atoms with E-state index in [9.17, 15) is 9.59 Å². The van der Waals surface area contributed by atoms with Crippen LogP contribution in [0, 0.1) is 6.92 Å². The molecule has 3 aromatic rings. The zero-order valence-corrected chi connectivity index (χ0v) is 18.0. The third-order valence-corrected chi connectivity index (χ3v) is 5.27. The number of benzene rings is 3. The van der Waals surface area contributed by atoms with Crippen LogP contribution in [0.5, 0.6) is 11.5 Å². The molecule has 2 amide bonds. The van der Waals surface area contributed by atoms with Crippen LogP contribution >= 0.6 is 0 Å². The zero-order chi connectivity index (χ0) is 22.3. The minimum Gasteiger partial charge on any atom is -0.484 e. The van der Waals surface area contributed by atoms with Crippen LogP contribution in [-0.4, -0.2) is 31.6 Å². The quantitative estimate of drug-likeness (QED) is 0.576. The summed E-state index contributed by atoms with van der Waals surface area (Å²) in [6.07, 6.45) is 1.71. The van der Waals surface area contributed by atoms with Crippen molar-refractivity contribution in [3.8, 4) is 11.5 Å². The van der Waals surface area contributed by atoms with E-state index in [-0.39, 0.29) is 25.0 Å². The maximum Gasteiger partial charge on any atom is 0.265 e. The van der Waals surface area contributed by atoms with Crippen LogP contribution in [0.2, 0.25) is 0 Å². The van der Waals surface area contributed by atoms with Gasteiger partial charge in [0.2, 0.25) is 0 Å². The Labute approximate surface area is 187 Å². The Hall–Kier alpha value is -3.80. The Balaban J connectivity index is 1.38. The van der Waals surface area contributed by atoms with Crippen molar-refractivity contribution in [1.29, 1.82) is 0 Å². The molecule has 0 bridgehead atoms.